The van der Waals surface area contributed by atoms with E-state index in [0.29, 0.717) is 22.9 Å². The average Bonchev–Trinajstić information content (AvgIpc) is 3.03. The fourth-order valence-electron chi connectivity index (χ4n) is 2.20. The minimum Gasteiger partial charge on any atom is -0.484 e. The number of ether oxygens (including phenoxy) is 2. The SMILES string of the molecule is CCOC(=O)c1cc(CC)sc1NC(=O)COc1ccc(CC)cc1. The van der Waals surface area contributed by atoms with Crippen molar-refractivity contribution >= 4 is 28.2 Å². The molecule has 0 fully saturated rings. The topological polar surface area (TPSA) is 64.6 Å². The number of carbonyl (C=O) groups is 2. The van der Waals surface area contributed by atoms with Gasteiger partial charge in [0.1, 0.15) is 10.8 Å². The molecule has 1 aromatic carbocycles. The van der Waals surface area contributed by atoms with Crippen LogP contribution < -0.4 is 10.1 Å². The molecular weight excluding hydrogens is 338 g/mol. The monoisotopic (exact) mass is 361 g/mol. The van der Waals surface area contributed by atoms with Crippen molar-refractivity contribution in [3.63, 3.8) is 0 Å². The van der Waals surface area contributed by atoms with Crippen LogP contribution in [-0.2, 0) is 22.4 Å². The first-order valence-electron chi connectivity index (χ1n) is 8.38. The van der Waals surface area contributed by atoms with Crippen LogP contribution in [0.15, 0.2) is 30.3 Å². The number of anilines is 1. The number of hydrogen-bond donors (Lipinski definition) is 1. The number of esters is 1. The van der Waals surface area contributed by atoms with Crippen LogP contribution in [0.25, 0.3) is 0 Å². The Labute approximate surface area is 152 Å². The predicted octanol–water partition coefficient (Wildman–Crippen LogP) is 4.07. The number of benzene rings is 1. The molecule has 2 aromatic rings. The van der Waals surface area contributed by atoms with E-state index in [9.17, 15) is 9.59 Å². The number of rotatable bonds is 8. The molecule has 0 saturated carbocycles. The van der Waals surface area contributed by atoms with Gasteiger partial charge in [-0.2, -0.15) is 0 Å². The second-order valence-electron chi connectivity index (χ2n) is 5.36. The maximum atomic E-state index is 12.2. The van der Waals surface area contributed by atoms with Gasteiger partial charge in [-0.3, -0.25) is 4.79 Å². The number of thiophene rings is 1. The molecule has 1 amide bonds. The molecule has 0 atom stereocenters. The van der Waals surface area contributed by atoms with E-state index in [1.165, 1.54) is 16.9 Å². The summed E-state index contributed by atoms with van der Waals surface area (Å²) < 4.78 is 10.5. The zero-order valence-electron chi connectivity index (χ0n) is 14.8. The largest absolute Gasteiger partial charge is 0.484 e. The molecule has 0 saturated heterocycles. The first kappa shape index (κ1) is 19.0. The summed E-state index contributed by atoms with van der Waals surface area (Å²) in [5.41, 5.74) is 1.60. The molecule has 2 rings (SSSR count). The van der Waals surface area contributed by atoms with E-state index in [0.717, 1.165) is 17.7 Å². The van der Waals surface area contributed by atoms with Gasteiger partial charge in [-0.15, -0.1) is 11.3 Å². The van der Waals surface area contributed by atoms with E-state index in [-0.39, 0.29) is 12.5 Å². The molecule has 1 heterocycles. The summed E-state index contributed by atoms with van der Waals surface area (Å²) in [7, 11) is 0. The van der Waals surface area contributed by atoms with Crippen molar-refractivity contribution in [1.29, 1.82) is 0 Å². The van der Waals surface area contributed by atoms with Crippen molar-refractivity contribution in [3.8, 4) is 5.75 Å². The second kappa shape index (κ2) is 9.22. The van der Waals surface area contributed by atoms with Crippen molar-refractivity contribution in [2.75, 3.05) is 18.5 Å². The summed E-state index contributed by atoms with van der Waals surface area (Å²) in [6.45, 7) is 6.00. The van der Waals surface area contributed by atoms with Crippen LogP contribution in [0.1, 0.15) is 41.6 Å². The lowest BCUT2D eigenvalue weighted by Crippen LogP contribution is -2.21. The fraction of sp³-hybridized carbons (Fsp3) is 0.368. The lowest BCUT2D eigenvalue weighted by molar-refractivity contribution is -0.118. The van der Waals surface area contributed by atoms with Crippen LogP contribution in [0.2, 0.25) is 0 Å². The van der Waals surface area contributed by atoms with Gasteiger partial charge in [-0.1, -0.05) is 26.0 Å². The fourth-order valence-corrected chi connectivity index (χ4v) is 3.20. The van der Waals surface area contributed by atoms with E-state index in [1.54, 1.807) is 13.0 Å². The lowest BCUT2D eigenvalue weighted by atomic mass is 10.2. The van der Waals surface area contributed by atoms with Gasteiger partial charge in [0.05, 0.1) is 12.2 Å². The van der Waals surface area contributed by atoms with Gasteiger partial charge in [0.2, 0.25) is 0 Å². The Hall–Kier alpha value is -2.34. The van der Waals surface area contributed by atoms with E-state index in [1.807, 2.05) is 31.2 Å². The van der Waals surface area contributed by atoms with Crippen LogP contribution in [0, 0.1) is 0 Å². The summed E-state index contributed by atoms with van der Waals surface area (Å²) in [5.74, 6) is -0.0992. The standard InChI is InChI=1S/C19H23NO4S/c1-4-13-7-9-14(10-8-13)24-12-17(21)20-18-16(19(22)23-6-3)11-15(5-2)25-18/h7-11H,4-6,12H2,1-3H3,(H,20,21). The van der Waals surface area contributed by atoms with Crippen LogP contribution >= 0.6 is 11.3 Å². The molecule has 0 aliphatic rings. The van der Waals surface area contributed by atoms with Gasteiger partial charge in [-0.05, 0) is 43.5 Å². The highest BCUT2D eigenvalue weighted by atomic mass is 32.1. The molecule has 0 radical (unpaired) electrons. The molecule has 0 aliphatic heterocycles. The zero-order valence-corrected chi connectivity index (χ0v) is 15.6. The number of hydrogen-bond acceptors (Lipinski definition) is 5. The third-order valence-electron chi connectivity index (χ3n) is 3.58. The van der Waals surface area contributed by atoms with E-state index >= 15 is 0 Å². The maximum absolute atomic E-state index is 12.2. The summed E-state index contributed by atoms with van der Waals surface area (Å²) in [5, 5.41) is 3.26. The quantitative estimate of drug-likeness (QED) is 0.720. The van der Waals surface area contributed by atoms with Crippen LogP contribution in [0.3, 0.4) is 0 Å². The second-order valence-corrected chi connectivity index (χ2v) is 6.50. The molecular formula is C19H23NO4S. The Balaban J connectivity index is 1.99. The molecule has 134 valence electrons. The molecule has 0 unspecified atom stereocenters. The van der Waals surface area contributed by atoms with Crippen molar-refractivity contribution in [2.24, 2.45) is 0 Å². The minimum absolute atomic E-state index is 0.118. The molecule has 25 heavy (non-hydrogen) atoms. The molecule has 0 aliphatic carbocycles. The van der Waals surface area contributed by atoms with E-state index in [4.69, 9.17) is 9.47 Å². The van der Waals surface area contributed by atoms with Gasteiger partial charge in [-0.25, -0.2) is 4.79 Å². The van der Waals surface area contributed by atoms with Crippen molar-refractivity contribution < 1.29 is 19.1 Å². The zero-order chi connectivity index (χ0) is 18.2. The molecule has 1 aromatic heterocycles. The normalized spacial score (nSPS) is 10.4. The van der Waals surface area contributed by atoms with Crippen molar-refractivity contribution in [1.82, 2.24) is 0 Å². The van der Waals surface area contributed by atoms with Crippen molar-refractivity contribution in [2.45, 2.75) is 33.6 Å². The number of amides is 1. The molecule has 0 bridgehead atoms. The average molecular weight is 361 g/mol. The third kappa shape index (κ3) is 5.32. The van der Waals surface area contributed by atoms with Crippen LogP contribution in [-0.4, -0.2) is 25.1 Å². The van der Waals surface area contributed by atoms with Crippen LogP contribution in [0.5, 0.6) is 5.75 Å². The highest BCUT2D eigenvalue weighted by Crippen LogP contribution is 2.29. The Kier molecular flexibility index (Phi) is 7.01. The van der Waals surface area contributed by atoms with Gasteiger partial charge in [0.25, 0.3) is 5.91 Å². The van der Waals surface area contributed by atoms with Gasteiger partial charge in [0, 0.05) is 4.88 Å². The van der Waals surface area contributed by atoms with E-state index in [2.05, 4.69) is 12.2 Å². The van der Waals surface area contributed by atoms with Crippen molar-refractivity contribution in [3.05, 3.63) is 46.3 Å². The van der Waals surface area contributed by atoms with Crippen LogP contribution in [0.4, 0.5) is 5.00 Å². The first-order valence-corrected chi connectivity index (χ1v) is 9.20. The van der Waals surface area contributed by atoms with E-state index < -0.39 is 5.97 Å². The summed E-state index contributed by atoms with van der Waals surface area (Å²) in [6.07, 6.45) is 1.74. The highest BCUT2D eigenvalue weighted by Gasteiger charge is 2.18. The summed E-state index contributed by atoms with van der Waals surface area (Å²) in [4.78, 5) is 25.2. The Morgan fingerprint density at radius 2 is 1.80 bits per heavy atom. The smallest absolute Gasteiger partial charge is 0.341 e. The number of aryl methyl sites for hydroxylation is 2. The minimum atomic E-state index is -0.426. The molecule has 0 spiro atoms. The first-order chi connectivity index (χ1) is 12.1. The molecule has 6 heteroatoms. The number of carbonyl (C=O) groups excluding carboxylic acids is 2. The van der Waals surface area contributed by atoms with Gasteiger partial charge in [0.15, 0.2) is 6.61 Å². The summed E-state index contributed by atoms with van der Waals surface area (Å²) >= 11 is 1.38. The predicted molar refractivity (Wildman–Crippen MR) is 99.6 cm³/mol. The third-order valence-corrected chi connectivity index (χ3v) is 4.78. The van der Waals surface area contributed by atoms with Gasteiger partial charge < -0.3 is 14.8 Å². The molecule has 1 N–H and O–H groups in total. The highest BCUT2D eigenvalue weighted by molar-refractivity contribution is 7.16. The number of nitrogens with one attached hydrogen (secondary N) is 1. The van der Waals surface area contributed by atoms with Gasteiger partial charge >= 0.3 is 5.97 Å². The Morgan fingerprint density at radius 1 is 1.08 bits per heavy atom. The Morgan fingerprint density at radius 3 is 2.40 bits per heavy atom. The maximum Gasteiger partial charge on any atom is 0.341 e. The lowest BCUT2D eigenvalue weighted by Gasteiger charge is -2.08. The summed E-state index contributed by atoms with van der Waals surface area (Å²) in [6, 6.07) is 9.40. The Bertz CT molecular complexity index is 722. The molecule has 5 nitrogen and oxygen atoms in total.